The number of hydrogen-bond acceptors (Lipinski definition) is 5. The summed E-state index contributed by atoms with van der Waals surface area (Å²) in [5.74, 6) is 0.0887. The maximum Gasteiger partial charge on any atom is 0.433 e. The predicted octanol–water partition coefficient (Wildman–Crippen LogP) is 2.66. The van der Waals surface area contributed by atoms with Gasteiger partial charge in [-0.1, -0.05) is 0 Å². The third-order valence-corrected chi connectivity index (χ3v) is 4.11. The van der Waals surface area contributed by atoms with E-state index in [1.54, 1.807) is 4.90 Å². The van der Waals surface area contributed by atoms with Gasteiger partial charge < -0.3 is 14.4 Å². The molecule has 0 amide bonds. The highest BCUT2D eigenvalue weighted by Gasteiger charge is 2.34. The fraction of sp³-hybridized carbons (Fsp3) is 0.733. The quantitative estimate of drug-likeness (QED) is 0.830. The van der Waals surface area contributed by atoms with E-state index >= 15 is 0 Å². The van der Waals surface area contributed by atoms with Crippen molar-refractivity contribution in [1.29, 1.82) is 0 Å². The normalized spacial score (nSPS) is 25.0. The molecule has 0 saturated carbocycles. The molecule has 0 radical (unpaired) electrons. The van der Waals surface area contributed by atoms with Crippen LogP contribution in [0.5, 0.6) is 0 Å². The molecule has 1 aromatic rings. The summed E-state index contributed by atoms with van der Waals surface area (Å²) in [5, 5.41) is 0. The van der Waals surface area contributed by atoms with Crippen molar-refractivity contribution in [3.8, 4) is 0 Å². The van der Waals surface area contributed by atoms with Crippen molar-refractivity contribution in [1.82, 2.24) is 9.97 Å². The molecule has 0 bridgehead atoms. The van der Waals surface area contributed by atoms with Crippen LogP contribution in [-0.2, 0) is 15.7 Å². The monoisotopic (exact) mass is 331 g/mol. The molecule has 2 atom stereocenters. The lowest BCUT2D eigenvalue weighted by atomic mass is 10.2. The predicted molar refractivity (Wildman–Crippen MR) is 77.2 cm³/mol. The molecule has 8 heteroatoms. The van der Waals surface area contributed by atoms with Crippen molar-refractivity contribution in [3.05, 3.63) is 18.0 Å². The first-order chi connectivity index (χ1) is 11.0. The average Bonchev–Trinajstić information content (AvgIpc) is 3.19. The topological polar surface area (TPSA) is 47.5 Å². The molecule has 0 aromatic carbocycles. The molecule has 2 aliphatic rings. The van der Waals surface area contributed by atoms with E-state index in [-0.39, 0.29) is 18.2 Å². The van der Waals surface area contributed by atoms with E-state index < -0.39 is 11.9 Å². The van der Waals surface area contributed by atoms with Crippen molar-refractivity contribution in [2.45, 2.75) is 44.1 Å². The first-order valence-corrected chi connectivity index (χ1v) is 7.91. The van der Waals surface area contributed by atoms with Crippen molar-refractivity contribution in [2.24, 2.45) is 0 Å². The van der Waals surface area contributed by atoms with Gasteiger partial charge in [0.25, 0.3) is 0 Å². The van der Waals surface area contributed by atoms with Gasteiger partial charge >= 0.3 is 6.18 Å². The fourth-order valence-electron chi connectivity index (χ4n) is 2.96. The number of anilines is 1. The van der Waals surface area contributed by atoms with Gasteiger partial charge in [-0.15, -0.1) is 0 Å². The Kier molecular flexibility index (Phi) is 5.01. The summed E-state index contributed by atoms with van der Waals surface area (Å²) in [6.45, 7) is 2.37. The van der Waals surface area contributed by atoms with Crippen LogP contribution in [0.15, 0.2) is 12.3 Å². The minimum atomic E-state index is -4.48. The smallest absolute Gasteiger partial charge is 0.376 e. The summed E-state index contributed by atoms with van der Waals surface area (Å²) in [6, 6.07) is 0.889. The molecule has 5 nitrogen and oxygen atoms in total. The number of hydrogen-bond donors (Lipinski definition) is 0. The number of halogens is 3. The SMILES string of the molecule is FC(F)(F)c1ccnc(N(C[C@H]2CCCO2)C[C@@H]2CCCO2)n1. The zero-order chi connectivity index (χ0) is 16.3. The van der Waals surface area contributed by atoms with Gasteiger partial charge in [0.05, 0.1) is 12.2 Å². The molecule has 2 fully saturated rings. The van der Waals surface area contributed by atoms with Gasteiger partial charge in [-0.3, -0.25) is 0 Å². The standard InChI is InChI=1S/C15H20F3N3O2/c16-15(17,18)13-5-6-19-14(20-13)21(9-11-3-1-7-22-11)10-12-4-2-8-23-12/h5-6,11-12H,1-4,7-10H2/t11-,12+. The van der Waals surface area contributed by atoms with Gasteiger partial charge in [0.1, 0.15) is 5.69 Å². The van der Waals surface area contributed by atoms with Crippen LogP contribution in [-0.4, -0.2) is 48.5 Å². The Hall–Kier alpha value is -1.41. The van der Waals surface area contributed by atoms with E-state index in [1.807, 2.05) is 0 Å². The van der Waals surface area contributed by atoms with E-state index in [4.69, 9.17) is 9.47 Å². The Labute approximate surface area is 132 Å². The number of nitrogens with zero attached hydrogens (tertiary/aromatic N) is 3. The van der Waals surface area contributed by atoms with Crippen molar-refractivity contribution in [2.75, 3.05) is 31.2 Å². The van der Waals surface area contributed by atoms with Gasteiger partial charge in [-0.2, -0.15) is 13.2 Å². The third kappa shape index (κ3) is 4.32. The largest absolute Gasteiger partial charge is 0.433 e. The van der Waals surface area contributed by atoms with Crippen LogP contribution < -0.4 is 4.90 Å². The molecule has 128 valence electrons. The van der Waals surface area contributed by atoms with Gasteiger partial charge in [-0.05, 0) is 31.7 Å². The van der Waals surface area contributed by atoms with Gasteiger partial charge in [0.2, 0.25) is 5.95 Å². The number of ether oxygens (including phenoxy) is 2. The van der Waals surface area contributed by atoms with Crippen LogP contribution in [0.4, 0.5) is 19.1 Å². The molecular weight excluding hydrogens is 311 g/mol. The Balaban J connectivity index is 1.78. The third-order valence-electron chi connectivity index (χ3n) is 4.11. The average molecular weight is 331 g/mol. The van der Waals surface area contributed by atoms with E-state index in [2.05, 4.69) is 9.97 Å². The molecule has 0 unspecified atom stereocenters. The molecule has 3 rings (SSSR count). The zero-order valence-corrected chi connectivity index (χ0v) is 12.8. The first kappa shape index (κ1) is 16.4. The molecule has 3 heterocycles. The second kappa shape index (κ2) is 7.00. The summed E-state index contributed by atoms with van der Waals surface area (Å²) in [6.07, 6.45) is 0.454. The second-order valence-corrected chi connectivity index (χ2v) is 5.91. The highest BCUT2D eigenvalue weighted by molar-refractivity contribution is 5.31. The fourth-order valence-corrected chi connectivity index (χ4v) is 2.96. The Morgan fingerprint density at radius 1 is 1.09 bits per heavy atom. The summed E-state index contributed by atoms with van der Waals surface area (Å²) < 4.78 is 49.9. The maximum atomic E-state index is 12.9. The Morgan fingerprint density at radius 3 is 2.17 bits per heavy atom. The van der Waals surface area contributed by atoms with E-state index in [0.29, 0.717) is 26.3 Å². The summed E-state index contributed by atoms with van der Waals surface area (Å²) in [5.41, 5.74) is -0.924. The van der Waals surface area contributed by atoms with Crippen LogP contribution in [0.25, 0.3) is 0 Å². The first-order valence-electron chi connectivity index (χ1n) is 7.91. The van der Waals surface area contributed by atoms with Crippen LogP contribution in [0, 0.1) is 0 Å². The molecule has 2 saturated heterocycles. The summed E-state index contributed by atoms with van der Waals surface area (Å²) >= 11 is 0. The number of alkyl halides is 3. The highest BCUT2D eigenvalue weighted by Crippen LogP contribution is 2.28. The van der Waals surface area contributed by atoms with Crippen LogP contribution >= 0.6 is 0 Å². The Morgan fingerprint density at radius 2 is 1.70 bits per heavy atom. The van der Waals surface area contributed by atoms with Crippen LogP contribution in [0.2, 0.25) is 0 Å². The second-order valence-electron chi connectivity index (χ2n) is 5.91. The molecule has 1 aromatic heterocycles. The van der Waals surface area contributed by atoms with E-state index in [0.717, 1.165) is 37.9 Å². The zero-order valence-electron chi connectivity index (χ0n) is 12.8. The van der Waals surface area contributed by atoms with Crippen molar-refractivity contribution >= 4 is 5.95 Å². The van der Waals surface area contributed by atoms with Crippen molar-refractivity contribution < 1.29 is 22.6 Å². The molecule has 0 N–H and O–H groups in total. The lowest BCUT2D eigenvalue weighted by Gasteiger charge is -2.28. The molecule has 0 spiro atoms. The molecule has 23 heavy (non-hydrogen) atoms. The van der Waals surface area contributed by atoms with Crippen molar-refractivity contribution in [3.63, 3.8) is 0 Å². The maximum absolute atomic E-state index is 12.9. The molecule has 2 aliphatic heterocycles. The highest BCUT2D eigenvalue weighted by atomic mass is 19.4. The number of aromatic nitrogens is 2. The lowest BCUT2D eigenvalue weighted by Crippen LogP contribution is -2.39. The Bertz CT molecular complexity index is 497. The van der Waals surface area contributed by atoms with E-state index in [9.17, 15) is 13.2 Å². The minimum absolute atomic E-state index is 0.00884. The van der Waals surface area contributed by atoms with Gasteiger partial charge in [0, 0.05) is 32.5 Å². The molecular formula is C15H20F3N3O2. The molecule has 0 aliphatic carbocycles. The number of rotatable bonds is 5. The van der Waals surface area contributed by atoms with Gasteiger partial charge in [0.15, 0.2) is 0 Å². The summed E-state index contributed by atoms with van der Waals surface area (Å²) in [7, 11) is 0. The van der Waals surface area contributed by atoms with E-state index in [1.165, 1.54) is 0 Å². The minimum Gasteiger partial charge on any atom is -0.376 e. The van der Waals surface area contributed by atoms with Gasteiger partial charge in [-0.25, -0.2) is 9.97 Å². The van der Waals surface area contributed by atoms with Crippen LogP contribution in [0.1, 0.15) is 31.4 Å². The van der Waals surface area contributed by atoms with Crippen LogP contribution in [0.3, 0.4) is 0 Å². The lowest BCUT2D eigenvalue weighted by molar-refractivity contribution is -0.141. The summed E-state index contributed by atoms with van der Waals surface area (Å²) in [4.78, 5) is 9.51.